The Morgan fingerprint density at radius 2 is 2.00 bits per heavy atom. The van der Waals surface area contributed by atoms with Gasteiger partial charge in [0.2, 0.25) is 0 Å². The number of benzene rings is 1. The van der Waals surface area contributed by atoms with E-state index in [1.807, 2.05) is 48.7 Å². The molecule has 3 aromatic rings. The third-order valence-corrected chi connectivity index (χ3v) is 6.24. The Kier molecular flexibility index (Phi) is 5.33. The normalized spacial score (nSPS) is 25.2. The molecule has 6 heteroatoms. The number of likely N-dealkylation sites (tertiary alicyclic amines) is 1. The van der Waals surface area contributed by atoms with E-state index in [1.54, 1.807) is 29.2 Å². The lowest BCUT2D eigenvalue weighted by atomic mass is 9.84. The average Bonchev–Trinajstić information content (AvgIpc) is 3.26. The third-order valence-electron chi connectivity index (χ3n) is 6.24. The van der Waals surface area contributed by atoms with Gasteiger partial charge < -0.3 is 5.11 Å². The number of hydrogen-bond acceptors (Lipinski definition) is 5. The van der Waals surface area contributed by atoms with Crippen LogP contribution >= 0.6 is 0 Å². The molecule has 3 atom stereocenters. The van der Waals surface area contributed by atoms with Crippen molar-refractivity contribution in [2.45, 2.75) is 36.9 Å². The maximum atomic E-state index is 12.0. The smallest absolute Gasteiger partial charge is 0.152 e. The number of aliphatic hydroxyl groups is 1. The molecule has 2 aliphatic heterocycles. The van der Waals surface area contributed by atoms with Crippen molar-refractivity contribution in [3.63, 3.8) is 0 Å². The van der Waals surface area contributed by atoms with Gasteiger partial charge in [0.05, 0.1) is 29.2 Å². The summed E-state index contributed by atoms with van der Waals surface area (Å²) in [6.07, 6.45) is 11.6. The van der Waals surface area contributed by atoms with Crippen molar-refractivity contribution in [1.29, 1.82) is 5.26 Å². The molecule has 1 saturated heterocycles. The molecule has 1 N–H and O–H groups in total. The standard InChI is InChI=1S/C26H23N5O/c27-16-22-17-29-31-19-21(10-12-25(22)31)24-18-28-14-13-26(24,32)30-15-5-4-8-23(30)11-9-20-6-2-1-3-7-20/h1-3,6-7,10,12-14,17-19,23-24,32H,4-5,8,15H2. The molecule has 0 saturated carbocycles. The van der Waals surface area contributed by atoms with Crippen molar-refractivity contribution in [3.05, 3.63) is 83.8 Å². The summed E-state index contributed by atoms with van der Waals surface area (Å²) in [7, 11) is 0. The largest absolute Gasteiger partial charge is 0.371 e. The summed E-state index contributed by atoms with van der Waals surface area (Å²) in [5.41, 5.74) is 1.86. The van der Waals surface area contributed by atoms with Crippen LogP contribution < -0.4 is 0 Å². The maximum absolute atomic E-state index is 12.0. The molecule has 0 bridgehead atoms. The van der Waals surface area contributed by atoms with Crippen molar-refractivity contribution in [3.8, 4) is 17.9 Å². The highest BCUT2D eigenvalue weighted by Crippen LogP contribution is 2.37. The number of piperidine rings is 1. The number of nitrogens with zero attached hydrogens (tertiary/aromatic N) is 5. The highest BCUT2D eigenvalue weighted by Gasteiger charge is 2.45. The summed E-state index contributed by atoms with van der Waals surface area (Å²) in [6, 6.07) is 15.8. The fraction of sp³-hybridized carbons (Fsp3) is 0.269. The van der Waals surface area contributed by atoms with E-state index in [4.69, 9.17) is 0 Å². The second-order valence-corrected chi connectivity index (χ2v) is 8.18. The zero-order valence-corrected chi connectivity index (χ0v) is 17.6. The molecule has 6 nitrogen and oxygen atoms in total. The highest BCUT2D eigenvalue weighted by atomic mass is 16.3. The number of aliphatic imine (C=N–C) groups is 1. The number of fused-ring (bicyclic) bond motifs is 1. The minimum Gasteiger partial charge on any atom is -0.371 e. The lowest BCUT2D eigenvalue weighted by Gasteiger charge is -2.47. The first-order valence-electron chi connectivity index (χ1n) is 10.8. The molecule has 1 aromatic carbocycles. The third kappa shape index (κ3) is 3.61. The van der Waals surface area contributed by atoms with Crippen LogP contribution in [-0.2, 0) is 0 Å². The number of hydrogen-bond donors (Lipinski definition) is 1. The zero-order chi connectivity index (χ0) is 22.0. The van der Waals surface area contributed by atoms with Crippen LogP contribution in [0.1, 0.15) is 41.9 Å². The predicted molar refractivity (Wildman–Crippen MR) is 123 cm³/mol. The summed E-state index contributed by atoms with van der Waals surface area (Å²) >= 11 is 0. The molecular weight excluding hydrogens is 398 g/mol. The lowest BCUT2D eigenvalue weighted by Crippen LogP contribution is -2.58. The topological polar surface area (TPSA) is 76.9 Å². The Balaban J connectivity index is 1.51. The summed E-state index contributed by atoms with van der Waals surface area (Å²) in [6.45, 7) is 0.752. The van der Waals surface area contributed by atoms with Crippen LogP contribution in [0, 0.1) is 23.2 Å². The van der Waals surface area contributed by atoms with Crippen molar-refractivity contribution >= 4 is 11.7 Å². The molecule has 158 valence electrons. The van der Waals surface area contributed by atoms with E-state index in [9.17, 15) is 10.4 Å². The first kappa shape index (κ1) is 20.2. The molecule has 5 rings (SSSR count). The minimum absolute atomic E-state index is 0.0637. The number of aromatic nitrogens is 2. The quantitative estimate of drug-likeness (QED) is 0.643. The molecule has 32 heavy (non-hydrogen) atoms. The number of nitriles is 1. The van der Waals surface area contributed by atoms with Crippen molar-refractivity contribution < 1.29 is 5.11 Å². The monoisotopic (exact) mass is 421 g/mol. The van der Waals surface area contributed by atoms with E-state index >= 15 is 0 Å². The fourth-order valence-corrected chi connectivity index (χ4v) is 4.58. The van der Waals surface area contributed by atoms with Crippen LogP contribution in [0.25, 0.3) is 5.52 Å². The van der Waals surface area contributed by atoms with Crippen molar-refractivity contribution in [2.75, 3.05) is 6.54 Å². The number of pyridine rings is 1. The van der Waals surface area contributed by atoms with Crippen molar-refractivity contribution in [2.24, 2.45) is 4.99 Å². The van der Waals surface area contributed by atoms with Gasteiger partial charge in [-0.3, -0.25) is 9.89 Å². The Hall–Kier alpha value is -3.71. The summed E-state index contributed by atoms with van der Waals surface area (Å²) in [5, 5.41) is 25.6. The van der Waals surface area contributed by atoms with E-state index < -0.39 is 5.72 Å². The van der Waals surface area contributed by atoms with Crippen LogP contribution in [-0.4, -0.2) is 44.1 Å². The first-order valence-corrected chi connectivity index (χ1v) is 10.8. The lowest BCUT2D eigenvalue weighted by molar-refractivity contribution is -0.0970. The second kappa shape index (κ2) is 8.43. The van der Waals surface area contributed by atoms with E-state index in [1.165, 1.54) is 0 Å². The minimum atomic E-state index is -1.25. The molecule has 0 radical (unpaired) electrons. The molecule has 0 aliphatic carbocycles. The highest BCUT2D eigenvalue weighted by molar-refractivity contribution is 5.73. The van der Waals surface area contributed by atoms with Gasteiger partial charge in [0.25, 0.3) is 0 Å². The molecule has 2 aliphatic rings. The number of rotatable bonds is 2. The van der Waals surface area contributed by atoms with Gasteiger partial charge >= 0.3 is 0 Å². The molecule has 1 fully saturated rings. The Morgan fingerprint density at radius 3 is 2.84 bits per heavy atom. The maximum Gasteiger partial charge on any atom is 0.152 e. The summed E-state index contributed by atoms with van der Waals surface area (Å²) < 4.78 is 1.68. The molecular formula is C26H23N5O. The van der Waals surface area contributed by atoms with Crippen LogP contribution in [0.5, 0.6) is 0 Å². The predicted octanol–water partition coefficient (Wildman–Crippen LogP) is 3.48. The van der Waals surface area contributed by atoms with E-state index in [0.717, 1.165) is 42.5 Å². The zero-order valence-electron chi connectivity index (χ0n) is 17.6. The van der Waals surface area contributed by atoms with Gasteiger partial charge in [-0.05, 0) is 49.1 Å². The second-order valence-electron chi connectivity index (χ2n) is 8.18. The first-order chi connectivity index (χ1) is 15.7. The van der Waals surface area contributed by atoms with E-state index in [-0.39, 0.29) is 12.0 Å². The Bertz CT molecular complexity index is 1290. The Labute approximate surface area is 187 Å². The molecule has 3 unspecified atom stereocenters. The van der Waals surface area contributed by atoms with Crippen LogP contribution in [0.3, 0.4) is 0 Å². The van der Waals surface area contributed by atoms with E-state index in [0.29, 0.717) is 5.56 Å². The average molecular weight is 422 g/mol. The molecule has 4 heterocycles. The van der Waals surface area contributed by atoms with Crippen molar-refractivity contribution in [1.82, 2.24) is 14.5 Å². The summed E-state index contributed by atoms with van der Waals surface area (Å²) in [4.78, 5) is 6.44. The fourth-order valence-electron chi connectivity index (χ4n) is 4.58. The van der Waals surface area contributed by atoms with Crippen LogP contribution in [0.15, 0.2) is 72.1 Å². The van der Waals surface area contributed by atoms with E-state index in [2.05, 4.69) is 32.9 Å². The molecule has 2 aromatic heterocycles. The van der Waals surface area contributed by atoms with Gasteiger partial charge in [-0.25, -0.2) is 4.52 Å². The Morgan fingerprint density at radius 1 is 1.12 bits per heavy atom. The summed E-state index contributed by atoms with van der Waals surface area (Å²) in [5.74, 6) is 6.31. The van der Waals surface area contributed by atoms with Gasteiger partial charge in [-0.2, -0.15) is 10.4 Å². The van der Waals surface area contributed by atoms with Gasteiger partial charge in [0.15, 0.2) is 5.72 Å². The van der Waals surface area contributed by atoms with Gasteiger partial charge in [0, 0.05) is 30.7 Å². The van der Waals surface area contributed by atoms with Gasteiger partial charge in [-0.15, -0.1) is 0 Å². The van der Waals surface area contributed by atoms with Crippen LogP contribution in [0.4, 0.5) is 0 Å². The van der Waals surface area contributed by atoms with Gasteiger partial charge in [0.1, 0.15) is 6.07 Å². The molecule has 0 amide bonds. The van der Waals surface area contributed by atoms with Gasteiger partial charge in [-0.1, -0.05) is 36.1 Å². The molecule has 0 spiro atoms. The van der Waals surface area contributed by atoms with Crippen LogP contribution in [0.2, 0.25) is 0 Å². The SMILES string of the molecule is N#Cc1cnn2cc(C3C=NC=CC3(O)N3CCCCC3C#Cc3ccccc3)ccc12.